The van der Waals surface area contributed by atoms with Gasteiger partial charge >= 0.3 is 6.18 Å². The first-order chi connectivity index (χ1) is 11.7. The first kappa shape index (κ1) is 17.6. The number of anilines is 1. The molecule has 25 heavy (non-hydrogen) atoms. The molecule has 0 unspecified atom stereocenters. The molecule has 1 aliphatic rings. The number of benzene rings is 1. The summed E-state index contributed by atoms with van der Waals surface area (Å²) < 4.78 is 39.8. The molecule has 1 saturated heterocycles. The van der Waals surface area contributed by atoms with E-state index >= 15 is 0 Å². The van der Waals surface area contributed by atoms with Gasteiger partial charge < -0.3 is 14.8 Å². The van der Waals surface area contributed by atoms with Crippen molar-refractivity contribution >= 4 is 22.5 Å². The zero-order valence-electron chi connectivity index (χ0n) is 14.4. The smallest absolute Gasteiger partial charge is 0.382 e. The highest BCUT2D eigenvalue weighted by molar-refractivity contribution is 5.93. The molecule has 2 aromatic rings. The van der Waals surface area contributed by atoms with Crippen LogP contribution in [0, 0.1) is 6.92 Å². The number of fused-ring (bicyclic) bond motifs is 1. The van der Waals surface area contributed by atoms with E-state index in [0.29, 0.717) is 24.3 Å². The van der Waals surface area contributed by atoms with Crippen molar-refractivity contribution in [2.75, 3.05) is 18.4 Å². The summed E-state index contributed by atoms with van der Waals surface area (Å²) in [7, 11) is 0. The van der Waals surface area contributed by atoms with E-state index in [2.05, 4.69) is 5.32 Å². The number of rotatable bonds is 3. The number of halogens is 3. The van der Waals surface area contributed by atoms with E-state index in [1.165, 1.54) is 4.57 Å². The number of hydrogen-bond acceptors (Lipinski definition) is 2. The molecular weight excluding hydrogens is 331 g/mol. The van der Waals surface area contributed by atoms with E-state index in [9.17, 15) is 18.0 Å². The molecule has 3 rings (SSSR count). The standard InChI is InChI=1S/C18H22F3N3O/c1-12-10-15-16(22-14-6-8-23(9-7-14)13(2)25)4-3-5-17(15)24(12)11-18(19,20)21/h3-5,10,14,22H,6-9,11H2,1-2H3. The summed E-state index contributed by atoms with van der Waals surface area (Å²) in [6, 6.07) is 7.41. The molecule has 136 valence electrons. The van der Waals surface area contributed by atoms with E-state index < -0.39 is 12.7 Å². The fourth-order valence-electron chi connectivity index (χ4n) is 3.49. The highest BCUT2D eigenvalue weighted by Crippen LogP contribution is 2.31. The number of amides is 1. The maximum atomic E-state index is 12.8. The van der Waals surface area contributed by atoms with Gasteiger partial charge in [-0.05, 0) is 38.0 Å². The maximum Gasteiger partial charge on any atom is 0.406 e. The molecule has 1 aromatic heterocycles. The second kappa shape index (κ2) is 6.61. The summed E-state index contributed by atoms with van der Waals surface area (Å²) in [5.41, 5.74) is 2.02. The Kier molecular flexibility index (Phi) is 4.67. The number of nitrogens with one attached hydrogen (secondary N) is 1. The van der Waals surface area contributed by atoms with E-state index in [4.69, 9.17) is 0 Å². The van der Waals surface area contributed by atoms with Gasteiger partial charge in [0.15, 0.2) is 0 Å². The van der Waals surface area contributed by atoms with Gasteiger partial charge in [-0.25, -0.2) is 0 Å². The third-order valence-corrected chi connectivity index (χ3v) is 4.79. The van der Waals surface area contributed by atoms with Crippen LogP contribution in [0.15, 0.2) is 24.3 Å². The molecule has 1 amide bonds. The predicted molar refractivity (Wildman–Crippen MR) is 91.6 cm³/mol. The zero-order valence-corrected chi connectivity index (χ0v) is 14.4. The molecule has 1 aromatic carbocycles. The fourth-order valence-corrected chi connectivity index (χ4v) is 3.49. The SMILES string of the molecule is CC(=O)N1CCC(Nc2cccc3c2cc(C)n3CC(F)(F)F)CC1. The Morgan fingerprint density at radius 3 is 2.56 bits per heavy atom. The first-order valence-corrected chi connectivity index (χ1v) is 8.42. The van der Waals surface area contributed by atoms with Crippen LogP contribution in [-0.2, 0) is 11.3 Å². The number of carbonyl (C=O) groups excluding carboxylic acids is 1. The summed E-state index contributed by atoms with van der Waals surface area (Å²) in [6.07, 6.45) is -2.59. The normalized spacial score (nSPS) is 16.4. The highest BCUT2D eigenvalue weighted by atomic mass is 19.4. The molecule has 0 radical (unpaired) electrons. The number of nitrogens with zero attached hydrogens (tertiary/aromatic N) is 2. The van der Waals surface area contributed by atoms with Gasteiger partial charge in [0.05, 0.1) is 5.52 Å². The van der Waals surface area contributed by atoms with E-state index in [1.54, 1.807) is 32.0 Å². The Balaban J connectivity index is 1.81. The second-order valence-corrected chi connectivity index (χ2v) is 6.65. The third kappa shape index (κ3) is 3.91. The summed E-state index contributed by atoms with van der Waals surface area (Å²) in [5.74, 6) is 0.0837. The van der Waals surface area contributed by atoms with Crippen molar-refractivity contribution in [3.05, 3.63) is 30.0 Å². The van der Waals surface area contributed by atoms with Crippen LogP contribution in [0.4, 0.5) is 18.9 Å². The Morgan fingerprint density at radius 2 is 1.96 bits per heavy atom. The summed E-state index contributed by atoms with van der Waals surface area (Å²) in [4.78, 5) is 13.2. The highest BCUT2D eigenvalue weighted by Gasteiger charge is 2.29. The average molecular weight is 353 g/mol. The number of piperidine rings is 1. The van der Waals surface area contributed by atoms with Crippen molar-refractivity contribution in [3.8, 4) is 0 Å². The predicted octanol–water partition coefficient (Wildman–Crippen LogP) is 3.93. The molecule has 1 N–H and O–H groups in total. The molecule has 2 heterocycles. The van der Waals surface area contributed by atoms with Crippen molar-refractivity contribution in [1.29, 1.82) is 0 Å². The van der Waals surface area contributed by atoms with Gasteiger partial charge in [-0.1, -0.05) is 6.07 Å². The van der Waals surface area contributed by atoms with Crippen molar-refractivity contribution < 1.29 is 18.0 Å². The van der Waals surface area contributed by atoms with Gasteiger partial charge in [0.2, 0.25) is 5.91 Å². The Labute approximate surface area is 144 Å². The largest absolute Gasteiger partial charge is 0.406 e. The quantitative estimate of drug-likeness (QED) is 0.908. The average Bonchev–Trinajstić information content (AvgIpc) is 2.84. The van der Waals surface area contributed by atoms with E-state index in [1.807, 2.05) is 11.0 Å². The van der Waals surface area contributed by atoms with Gasteiger partial charge in [0.25, 0.3) is 0 Å². The lowest BCUT2D eigenvalue weighted by Gasteiger charge is -2.32. The number of aryl methyl sites for hydroxylation is 1. The molecular formula is C18H22F3N3O. The topological polar surface area (TPSA) is 37.3 Å². The molecule has 4 nitrogen and oxygen atoms in total. The number of likely N-dealkylation sites (tertiary alicyclic amines) is 1. The van der Waals surface area contributed by atoms with Crippen LogP contribution in [0.3, 0.4) is 0 Å². The lowest BCUT2D eigenvalue weighted by Crippen LogP contribution is -2.41. The van der Waals surface area contributed by atoms with Gasteiger partial charge in [-0.2, -0.15) is 13.2 Å². The summed E-state index contributed by atoms with van der Waals surface area (Å²) >= 11 is 0. The maximum absolute atomic E-state index is 12.8. The third-order valence-electron chi connectivity index (χ3n) is 4.79. The van der Waals surface area contributed by atoms with Crippen LogP contribution in [-0.4, -0.2) is 40.7 Å². The minimum atomic E-state index is -4.25. The molecule has 0 spiro atoms. The summed E-state index contributed by atoms with van der Waals surface area (Å²) in [6.45, 7) is 3.69. The Bertz CT molecular complexity index is 774. The number of carbonyl (C=O) groups is 1. The van der Waals surface area contributed by atoms with Crippen LogP contribution < -0.4 is 5.32 Å². The fraction of sp³-hybridized carbons (Fsp3) is 0.500. The van der Waals surface area contributed by atoms with Crippen molar-refractivity contribution in [2.24, 2.45) is 0 Å². The van der Waals surface area contributed by atoms with Gasteiger partial charge in [0, 0.05) is 42.8 Å². The lowest BCUT2D eigenvalue weighted by molar-refractivity contribution is -0.140. The number of hydrogen-bond donors (Lipinski definition) is 1. The Hall–Kier alpha value is -2.18. The van der Waals surface area contributed by atoms with E-state index in [0.717, 1.165) is 23.9 Å². The number of aromatic nitrogens is 1. The van der Waals surface area contributed by atoms with Gasteiger partial charge in [-0.3, -0.25) is 4.79 Å². The zero-order chi connectivity index (χ0) is 18.2. The molecule has 0 bridgehead atoms. The minimum Gasteiger partial charge on any atom is -0.382 e. The van der Waals surface area contributed by atoms with Crippen molar-refractivity contribution in [3.63, 3.8) is 0 Å². The van der Waals surface area contributed by atoms with E-state index in [-0.39, 0.29) is 11.9 Å². The van der Waals surface area contributed by atoms with Crippen LogP contribution in [0.1, 0.15) is 25.5 Å². The molecule has 0 aliphatic carbocycles. The Morgan fingerprint density at radius 1 is 1.28 bits per heavy atom. The van der Waals surface area contributed by atoms with Crippen LogP contribution in [0.25, 0.3) is 10.9 Å². The second-order valence-electron chi connectivity index (χ2n) is 6.65. The van der Waals surface area contributed by atoms with Crippen molar-refractivity contribution in [1.82, 2.24) is 9.47 Å². The number of alkyl halides is 3. The monoisotopic (exact) mass is 353 g/mol. The van der Waals surface area contributed by atoms with Crippen molar-refractivity contribution in [2.45, 2.75) is 45.5 Å². The lowest BCUT2D eigenvalue weighted by atomic mass is 10.0. The van der Waals surface area contributed by atoms with Gasteiger partial charge in [0.1, 0.15) is 6.54 Å². The molecule has 0 atom stereocenters. The summed E-state index contributed by atoms with van der Waals surface area (Å²) in [5, 5.41) is 4.26. The first-order valence-electron chi connectivity index (χ1n) is 8.42. The molecule has 1 fully saturated rings. The molecule has 7 heteroatoms. The minimum absolute atomic E-state index is 0.0837. The van der Waals surface area contributed by atoms with Crippen LogP contribution in [0.2, 0.25) is 0 Å². The molecule has 0 saturated carbocycles. The van der Waals surface area contributed by atoms with Gasteiger partial charge in [-0.15, -0.1) is 0 Å². The van der Waals surface area contributed by atoms with Crippen LogP contribution >= 0.6 is 0 Å². The molecule has 1 aliphatic heterocycles. The van der Waals surface area contributed by atoms with Crippen LogP contribution in [0.5, 0.6) is 0 Å².